The smallest absolute Gasteiger partial charge is 0.0547 e. The van der Waals surface area contributed by atoms with E-state index in [1.54, 1.807) is 0 Å². The molecule has 2 aromatic heterocycles. The van der Waals surface area contributed by atoms with Gasteiger partial charge in [-0.25, -0.2) is 0 Å². The van der Waals surface area contributed by atoms with E-state index in [0.717, 1.165) is 11.0 Å². The Morgan fingerprint density at radius 3 is 1.94 bits per heavy atom. The van der Waals surface area contributed by atoms with E-state index in [1.807, 2.05) is 0 Å². The number of benzene rings is 9. The molecule has 1 N–H and O–H groups in total. The van der Waals surface area contributed by atoms with E-state index in [9.17, 15) is 0 Å². The molecule has 232 valence electrons. The average Bonchev–Trinajstić information content (AvgIpc) is 3.70. The van der Waals surface area contributed by atoms with Crippen molar-refractivity contribution in [3.05, 3.63) is 176 Å². The fourth-order valence-corrected chi connectivity index (χ4v) is 8.35. The van der Waals surface area contributed by atoms with Gasteiger partial charge >= 0.3 is 0 Å². The minimum absolute atomic E-state index is 1.16. The summed E-state index contributed by atoms with van der Waals surface area (Å²) in [6.45, 7) is 0. The molecule has 0 aliphatic carbocycles. The first kappa shape index (κ1) is 27.3. The topological polar surface area (TPSA) is 20.7 Å². The third kappa shape index (κ3) is 3.96. The lowest BCUT2D eigenvalue weighted by molar-refractivity contribution is 1.18. The van der Waals surface area contributed by atoms with Gasteiger partial charge in [0.05, 0.1) is 16.7 Å². The Hall–Kier alpha value is -6.64. The molecule has 2 heteroatoms. The molecule has 11 aromatic rings. The zero-order valence-electron chi connectivity index (χ0n) is 27.2. The van der Waals surface area contributed by atoms with Gasteiger partial charge in [0.1, 0.15) is 0 Å². The van der Waals surface area contributed by atoms with Crippen molar-refractivity contribution >= 4 is 75.9 Å². The van der Waals surface area contributed by atoms with Crippen molar-refractivity contribution in [2.24, 2.45) is 0 Å². The lowest BCUT2D eigenvalue weighted by Crippen LogP contribution is -1.97. The molecular formula is C48H30N2. The number of nitrogens with one attached hydrogen (secondary N) is 1. The zero-order valence-corrected chi connectivity index (χ0v) is 27.2. The van der Waals surface area contributed by atoms with Crippen LogP contribution in [0.5, 0.6) is 0 Å². The highest BCUT2D eigenvalue weighted by Crippen LogP contribution is 2.41. The Kier molecular flexibility index (Phi) is 5.70. The molecule has 0 aliphatic rings. The van der Waals surface area contributed by atoms with Crippen LogP contribution in [0.2, 0.25) is 0 Å². The van der Waals surface area contributed by atoms with E-state index in [1.165, 1.54) is 92.8 Å². The first-order chi connectivity index (χ1) is 24.8. The molecular weight excluding hydrogens is 605 g/mol. The van der Waals surface area contributed by atoms with Crippen molar-refractivity contribution in [1.29, 1.82) is 0 Å². The molecule has 2 heterocycles. The van der Waals surface area contributed by atoms with E-state index in [-0.39, 0.29) is 0 Å². The fraction of sp³-hybridized carbons (Fsp3) is 0. The molecule has 0 radical (unpaired) electrons. The van der Waals surface area contributed by atoms with Gasteiger partial charge in [-0.05, 0) is 97.5 Å². The minimum Gasteiger partial charge on any atom is -0.354 e. The molecule has 0 unspecified atom stereocenters. The van der Waals surface area contributed by atoms with Crippen LogP contribution in [-0.2, 0) is 0 Å². The number of H-pyrrole nitrogens is 1. The number of aromatic nitrogens is 2. The quantitative estimate of drug-likeness (QED) is 0.187. The van der Waals surface area contributed by atoms with Gasteiger partial charge in [0.2, 0.25) is 0 Å². The van der Waals surface area contributed by atoms with Crippen molar-refractivity contribution in [3.8, 4) is 27.9 Å². The second-order valence-corrected chi connectivity index (χ2v) is 13.4. The van der Waals surface area contributed by atoms with E-state index in [2.05, 4.69) is 185 Å². The molecule has 50 heavy (non-hydrogen) atoms. The maximum Gasteiger partial charge on any atom is 0.0547 e. The predicted octanol–water partition coefficient (Wildman–Crippen LogP) is 13.2. The Morgan fingerprint density at radius 1 is 0.320 bits per heavy atom. The van der Waals surface area contributed by atoms with Crippen molar-refractivity contribution in [1.82, 2.24) is 9.55 Å². The molecule has 0 spiro atoms. The van der Waals surface area contributed by atoms with Crippen molar-refractivity contribution in [3.63, 3.8) is 0 Å². The van der Waals surface area contributed by atoms with E-state index >= 15 is 0 Å². The summed E-state index contributed by atoms with van der Waals surface area (Å²) in [7, 11) is 0. The van der Waals surface area contributed by atoms with Crippen molar-refractivity contribution in [2.45, 2.75) is 0 Å². The van der Waals surface area contributed by atoms with Crippen LogP contribution in [-0.4, -0.2) is 9.55 Å². The number of para-hydroxylation sites is 2. The molecule has 0 aliphatic heterocycles. The first-order valence-corrected chi connectivity index (χ1v) is 17.3. The Bertz CT molecular complexity index is 3140. The van der Waals surface area contributed by atoms with Crippen molar-refractivity contribution in [2.75, 3.05) is 0 Å². The van der Waals surface area contributed by atoms with Gasteiger partial charge in [-0.15, -0.1) is 0 Å². The minimum atomic E-state index is 1.16. The summed E-state index contributed by atoms with van der Waals surface area (Å²) < 4.78 is 2.45. The van der Waals surface area contributed by atoms with Gasteiger partial charge in [0.25, 0.3) is 0 Å². The van der Waals surface area contributed by atoms with Crippen LogP contribution in [0.15, 0.2) is 176 Å². The first-order valence-electron chi connectivity index (χ1n) is 17.3. The molecule has 0 saturated heterocycles. The maximum absolute atomic E-state index is 3.76. The van der Waals surface area contributed by atoms with Crippen LogP contribution in [0, 0.1) is 0 Å². The molecule has 0 bridgehead atoms. The fourth-order valence-electron chi connectivity index (χ4n) is 8.35. The number of hydrogen-bond donors (Lipinski definition) is 1. The standard InChI is InChI=1S/C48H30N2/c1-2-11-31(12-3-1)37-16-6-8-19-46(37)50-47-20-9-7-17-38(47)43-28-39-34(27-48(43)50)22-21-33-26-42-41-25-32(23-24-44(41)49-45(42)29-40(33)39)36-18-10-14-30-13-4-5-15-35(30)36/h1-29,49H. The summed E-state index contributed by atoms with van der Waals surface area (Å²) in [6, 6.07) is 64.5. The van der Waals surface area contributed by atoms with Crippen LogP contribution >= 0.6 is 0 Å². The number of aromatic amines is 1. The van der Waals surface area contributed by atoms with Gasteiger partial charge in [-0.1, -0.05) is 127 Å². The average molecular weight is 635 g/mol. The van der Waals surface area contributed by atoms with Gasteiger partial charge in [-0.3, -0.25) is 0 Å². The third-order valence-electron chi connectivity index (χ3n) is 10.7. The zero-order chi connectivity index (χ0) is 32.8. The summed E-state index contributed by atoms with van der Waals surface area (Å²) in [5.41, 5.74) is 10.9. The molecule has 2 nitrogen and oxygen atoms in total. The molecule has 0 amide bonds. The number of fused-ring (bicyclic) bond motifs is 10. The largest absolute Gasteiger partial charge is 0.354 e. The van der Waals surface area contributed by atoms with Gasteiger partial charge in [0, 0.05) is 38.1 Å². The third-order valence-corrected chi connectivity index (χ3v) is 10.7. The summed E-state index contributed by atoms with van der Waals surface area (Å²) in [5, 5.41) is 12.6. The van der Waals surface area contributed by atoms with Gasteiger partial charge in [0.15, 0.2) is 0 Å². The van der Waals surface area contributed by atoms with Crippen LogP contribution in [0.4, 0.5) is 0 Å². The summed E-state index contributed by atoms with van der Waals surface area (Å²) in [4.78, 5) is 3.76. The molecule has 11 rings (SSSR count). The number of nitrogens with zero attached hydrogens (tertiary/aromatic N) is 1. The van der Waals surface area contributed by atoms with E-state index < -0.39 is 0 Å². The predicted molar refractivity (Wildman–Crippen MR) is 214 cm³/mol. The molecule has 0 atom stereocenters. The second-order valence-electron chi connectivity index (χ2n) is 13.4. The van der Waals surface area contributed by atoms with Crippen LogP contribution in [0.25, 0.3) is 104 Å². The van der Waals surface area contributed by atoms with E-state index in [4.69, 9.17) is 0 Å². The molecule has 9 aromatic carbocycles. The summed E-state index contributed by atoms with van der Waals surface area (Å²) in [5.74, 6) is 0. The highest BCUT2D eigenvalue weighted by atomic mass is 15.0. The molecule has 0 fully saturated rings. The highest BCUT2D eigenvalue weighted by Gasteiger charge is 2.17. The van der Waals surface area contributed by atoms with Gasteiger partial charge < -0.3 is 9.55 Å². The lowest BCUT2D eigenvalue weighted by Gasteiger charge is -2.14. The summed E-state index contributed by atoms with van der Waals surface area (Å²) >= 11 is 0. The Morgan fingerprint density at radius 2 is 1.02 bits per heavy atom. The Balaban J connectivity index is 1.14. The maximum atomic E-state index is 3.76. The van der Waals surface area contributed by atoms with Crippen LogP contribution in [0.1, 0.15) is 0 Å². The van der Waals surface area contributed by atoms with Gasteiger partial charge in [-0.2, -0.15) is 0 Å². The number of rotatable bonds is 3. The highest BCUT2D eigenvalue weighted by molar-refractivity contribution is 6.22. The van der Waals surface area contributed by atoms with Crippen molar-refractivity contribution < 1.29 is 0 Å². The lowest BCUT2D eigenvalue weighted by atomic mass is 9.96. The summed E-state index contributed by atoms with van der Waals surface area (Å²) in [6.07, 6.45) is 0. The second kappa shape index (κ2) is 10.4. The number of hydrogen-bond acceptors (Lipinski definition) is 0. The molecule has 0 saturated carbocycles. The SMILES string of the molecule is c1ccc(-c2ccccc2-n2c3ccccc3c3cc4c(ccc5cc6c(cc54)[nH]c4ccc(-c5cccc7ccccc57)cc46)cc32)cc1. The monoisotopic (exact) mass is 634 g/mol. The van der Waals surface area contributed by atoms with Crippen LogP contribution in [0.3, 0.4) is 0 Å². The van der Waals surface area contributed by atoms with E-state index in [0.29, 0.717) is 0 Å². The normalized spacial score (nSPS) is 12.0. The van der Waals surface area contributed by atoms with Crippen LogP contribution < -0.4 is 0 Å². The Labute approximate surface area is 288 Å².